The van der Waals surface area contributed by atoms with Gasteiger partial charge in [0.2, 0.25) is 0 Å². The molecule has 0 atom stereocenters. The third-order valence-electron chi connectivity index (χ3n) is 2.97. The summed E-state index contributed by atoms with van der Waals surface area (Å²) in [6.07, 6.45) is -0.245. The zero-order valence-corrected chi connectivity index (χ0v) is 15.4. The van der Waals surface area contributed by atoms with Crippen molar-refractivity contribution in [2.24, 2.45) is 0 Å². The first-order chi connectivity index (χ1) is 11.3. The van der Waals surface area contributed by atoms with E-state index in [0.29, 0.717) is 20.3 Å². The van der Waals surface area contributed by atoms with E-state index in [1.807, 2.05) is 0 Å². The number of methoxy groups -OCH3 is 1. The molecule has 24 heavy (non-hydrogen) atoms. The van der Waals surface area contributed by atoms with Crippen LogP contribution in [0.1, 0.15) is 5.56 Å². The molecule has 0 saturated heterocycles. The van der Waals surface area contributed by atoms with Crippen molar-refractivity contribution >= 4 is 43.5 Å². The molecule has 126 valence electrons. The zero-order valence-electron chi connectivity index (χ0n) is 12.2. The van der Waals surface area contributed by atoms with Gasteiger partial charge in [-0.2, -0.15) is 0 Å². The molecule has 0 fully saturated rings. The Labute approximate surface area is 153 Å². The summed E-state index contributed by atoms with van der Waals surface area (Å²) in [5.74, 6) is -0.490. The highest BCUT2D eigenvalue weighted by Gasteiger charge is 2.17. The number of benzene rings is 2. The molecule has 0 N–H and O–H groups in total. The lowest BCUT2D eigenvalue weighted by atomic mass is 10.1. The van der Waals surface area contributed by atoms with E-state index < -0.39 is 10.9 Å². The largest absolute Gasteiger partial charge is 0.550 e. The van der Waals surface area contributed by atoms with E-state index in [0.717, 1.165) is 0 Å². The van der Waals surface area contributed by atoms with Crippen molar-refractivity contribution in [1.29, 1.82) is 0 Å². The summed E-state index contributed by atoms with van der Waals surface area (Å²) in [7, 11) is 1.34. The first-order valence-corrected chi connectivity index (χ1v) is 8.08. The average Bonchev–Trinajstić information content (AvgIpc) is 2.50. The van der Waals surface area contributed by atoms with Gasteiger partial charge in [0.1, 0.15) is 5.75 Å². The Morgan fingerprint density at radius 2 is 1.83 bits per heavy atom. The molecule has 0 aromatic heterocycles. The van der Waals surface area contributed by atoms with Gasteiger partial charge in [-0.1, -0.05) is 0 Å². The number of nitrogens with zero attached hydrogens (tertiary/aromatic N) is 1. The summed E-state index contributed by atoms with van der Waals surface area (Å²) in [6.45, 7) is 0. The van der Waals surface area contributed by atoms with E-state index in [2.05, 4.69) is 31.9 Å². The molecule has 2 aromatic carbocycles. The summed E-state index contributed by atoms with van der Waals surface area (Å²) >= 11 is 6.59. The van der Waals surface area contributed by atoms with Crippen molar-refractivity contribution < 1.29 is 24.3 Å². The van der Waals surface area contributed by atoms with Crippen molar-refractivity contribution in [2.45, 2.75) is 6.42 Å². The molecule has 0 heterocycles. The summed E-state index contributed by atoms with van der Waals surface area (Å²) in [6, 6.07) is 7.36. The molecule has 7 nitrogen and oxygen atoms in total. The van der Waals surface area contributed by atoms with E-state index in [9.17, 15) is 20.0 Å². The molecular formula is C15H10Br2NO6-. The van der Waals surface area contributed by atoms with Crippen LogP contribution in [0.3, 0.4) is 0 Å². The summed E-state index contributed by atoms with van der Waals surface area (Å²) in [5, 5.41) is 21.7. The van der Waals surface area contributed by atoms with Crippen molar-refractivity contribution in [2.75, 3.05) is 7.11 Å². The first-order valence-electron chi connectivity index (χ1n) is 6.50. The maximum absolute atomic E-state index is 11.1. The molecule has 2 aromatic rings. The number of carboxylic acid groups (broad SMARTS) is 1. The number of nitro groups is 1. The minimum Gasteiger partial charge on any atom is -0.550 e. The third kappa shape index (κ3) is 4.24. The smallest absolute Gasteiger partial charge is 0.314 e. The van der Waals surface area contributed by atoms with Crippen molar-refractivity contribution in [3.05, 3.63) is 55.0 Å². The maximum Gasteiger partial charge on any atom is 0.314 e. The number of hydrogen-bond donors (Lipinski definition) is 0. The Kier molecular flexibility index (Phi) is 5.79. The fraction of sp³-hybridized carbons (Fsp3) is 0.133. The molecule has 0 aliphatic heterocycles. The molecular weight excluding hydrogens is 450 g/mol. The van der Waals surface area contributed by atoms with Gasteiger partial charge >= 0.3 is 5.69 Å². The first kappa shape index (κ1) is 18.2. The molecule has 9 heteroatoms. The van der Waals surface area contributed by atoms with Gasteiger partial charge in [-0.25, -0.2) is 0 Å². The minimum atomic E-state index is -1.20. The quantitative estimate of drug-likeness (QED) is 0.485. The lowest BCUT2D eigenvalue weighted by Gasteiger charge is -2.13. The molecule has 0 aliphatic carbocycles. The summed E-state index contributed by atoms with van der Waals surface area (Å²) < 4.78 is 11.6. The maximum atomic E-state index is 11.1. The number of aliphatic carboxylic acids is 1. The van der Waals surface area contributed by atoms with Crippen LogP contribution in [0.5, 0.6) is 17.2 Å². The van der Waals surface area contributed by atoms with Gasteiger partial charge in [-0.3, -0.25) is 10.1 Å². The van der Waals surface area contributed by atoms with Crippen molar-refractivity contribution in [1.82, 2.24) is 0 Å². The molecule has 0 radical (unpaired) electrons. The number of carbonyl (C=O) groups excluding carboxylic acids is 1. The number of ether oxygens (including phenoxy) is 2. The molecule has 2 rings (SSSR count). The normalized spacial score (nSPS) is 10.3. The standard InChI is InChI=1S/C15H11Br2NO6/c1-23-13-3-2-9(7-12(13)18(21)22)24-15-10(16)4-8(5-11(15)17)6-14(19)20/h2-5,7H,6H2,1H3,(H,19,20)/p-1. The number of rotatable bonds is 6. The highest BCUT2D eigenvalue weighted by atomic mass is 79.9. The lowest BCUT2D eigenvalue weighted by Crippen LogP contribution is -2.24. The molecule has 0 unspecified atom stereocenters. The zero-order chi connectivity index (χ0) is 17.9. The van der Waals surface area contributed by atoms with Gasteiger partial charge in [0.15, 0.2) is 11.5 Å². The van der Waals surface area contributed by atoms with Crippen LogP contribution >= 0.6 is 31.9 Å². The second-order valence-electron chi connectivity index (χ2n) is 4.63. The average molecular weight is 460 g/mol. The van der Waals surface area contributed by atoms with Crippen LogP contribution in [-0.2, 0) is 11.2 Å². The van der Waals surface area contributed by atoms with Crippen LogP contribution in [0.15, 0.2) is 39.3 Å². The molecule has 0 aliphatic rings. The van der Waals surface area contributed by atoms with E-state index in [1.54, 1.807) is 12.1 Å². The fourth-order valence-corrected chi connectivity index (χ4v) is 3.42. The van der Waals surface area contributed by atoms with Crippen LogP contribution in [0, 0.1) is 10.1 Å². The molecule has 0 saturated carbocycles. The monoisotopic (exact) mass is 458 g/mol. The van der Waals surface area contributed by atoms with Gasteiger partial charge < -0.3 is 19.4 Å². The SMILES string of the molecule is COc1ccc(Oc2c(Br)cc(CC(=O)[O-])cc2Br)cc1[N+](=O)[O-]. The van der Waals surface area contributed by atoms with E-state index >= 15 is 0 Å². The van der Waals surface area contributed by atoms with E-state index in [1.165, 1.54) is 25.3 Å². The van der Waals surface area contributed by atoms with Gasteiger partial charge in [0, 0.05) is 12.4 Å². The van der Waals surface area contributed by atoms with Crippen LogP contribution in [0.4, 0.5) is 5.69 Å². The van der Waals surface area contributed by atoms with Crippen LogP contribution in [0.2, 0.25) is 0 Å². The van der Waals surface area contributed by atoms with Crippen LogP contribution in [0.25, 0.3) is 0 Å². The van der Waals surface area contributed by atoms with E-state index in [-0.39, 0.29) is 23.6 Å². The van der Waals surface area contributed by atoms with Gasteiger partial charge in [0.05, 0.1) is 27.0 Å². The topological polar surface area (TPSA) is 102 Å². The Hall–Kier alpha value is -2.13. The van der Waals surface area contributed by atoms with Gasteiger partial charge in [-0.15, -0.1) is 0 Å². The third-order valence-corrected chi connectivity index (χ3v) is 4.15. The Morgan fingerprint density at radius 1 is 1.21 bits per heavy atom. The molecule has 0 amide bonds. The summed E-state index contributed by atoms with van der Waals surface area (Å²) in [4.78, 5) is 21.2. The predicted octanol–water partition coefficient (Wildman–Crippen LogP) is 3.21. The van der Waals surface area contributed by atoms with Gasteiger partial charge in [0.25, 0.3) is 0 Å². The number of carboxylic acids is 1. The number of halogens is 2. The second-order valence-corrected chi connectivity index (χ2v) is 6.34. The number of nitro benzene ring substituents is 1. The Balaban J connectivity index is 2.36. The van der Waals surface area contributed by atoms with Gasteiger partial charge in [-0.05, 0) is 61.7 Å². The molecule has 0 spiro atoms. The Morgan fingerprint density at radius 3 is 2.33 bits per heavy atom. The van der Waals surface area contributed by atoms with Crippen LogP contribution < -0.4 is 14.6 Å². The van der Waals surface area contributed by atoms with E-state index in [4.69, 9.17) is 9.47 Å². The number of hydrogen-bond acceptors (Lipinski definition) is 6. The lowest BCUT2D eigenvalue weighted by molar-refractivity contribution is -0.385. The highest BCUT2D eigenvalue weighted by Crippen LogP contribution is 2.40. The van der Waals surface area contributed by atoms with Crippen molar-refractivity contribution in [3.8, 4) is 17.2 Å². The van der Waals surface area contributed by atoms with Crippen LogP contribution in [-0.4, -0.2) is 18.0 Å². The van der Waals surface area contributed by atoms with Crippen molar-refractivity contribution in [3.63, 3.8) is 0 Å². The minimum absolute atomic E-state index is 0.120. The second kappa shape index (κ2) is 7.63. The molecule has 0 bridgehead atoms. The highest BCUT2D eigenvalue weighted by molar-refractivity contribution is 9.11. The number of carbonyl (C=O) groups is 1. The fourth-order valence-electron chi connectivity index (χ4n) is 1.97. The predicted molar refractivity (Wildman–Crippen MR) is 90.3 cm³/mol. The Bertz CT molecular complexity index is 786. The summed E-state index contributed by atoms with van der Waals surface area (Å²) in [5.41, 5.74) is 0.289.